The van der Waals surface area contributed by atoms with Crippen LogP contribution in [0.3, 0.4) is 0 Å². The lowest BCUT2D eigenvalue weighted by atomic mass is 9.91. The van der Waals surface area contributed by atoms with Gasteiger partial charge in [0.2, 0.25) is 0 Å². The van der Waals surface area contributed by atoms with Crippen LogP contribution in [0.2, 0.25) is 0 Å². The highest BCUT2D eigenvalue weighted by Gasteiger charge is 2.30. The summed E-state index contributed by atoms with van der Waals surface area (Å²) in [6, 6.07) is 9.54. The molecule has 0 radical (unpaired) electrons. The quantitative estimate of drug-likeness (QED) is 0.537. The number of nitrogens with one attached hydrogen (secondary N) is 1. The van der Waals surface area contributed by atoms with E-state index in [-0.39, 0.29) is 12.0 Å². The fourth-order valence-electron chi connectivity index (χ4n) is 2.49. The molecular weight excluding hydrogens is 214 g/mol. The van der Waals surface area contributed by atoms with Gasteiger partial charge in [-0.15, -0.1) is 0 Å². The summed E-state index contributed by atoms with van der Waals surface area (Å²) in [6.45, 7) is 0. The third-order valence-electron chi connectivity index (χ3n) is 3.32. The number of rotatable bonds is 2. The van der Waals surface area contributed by atoms with Gasteiger partial charge in [-0.1, -0.05) is 31.0 Å². The first-order valence-electron chi connectivity index (χ1n) is 6.06. The lowest BCUT2D eigenvalue weighted by Crippen LogP contribution is -2.51. The fourth-order valence-corrected chi connectivity index (χ4v) is 2.49. The number of para-hydroxylation sites is 1. The number of aliphatic hydroxyl groups excluding tert-OH is 1. The average molecular weight is 233 g/mol. The van der Waals surface area contributed by atoms with Gasteiger partial charge in [0, 0.05) is 5.69 Å². The number of guanidine groups is 1. The molecule has 0 bridgehead atoms. The first-order valence-corrected chi connectivity index (χ1v) is 6.06. The van der Waals surface area contributed by atoms with Crippen LogP contribution < -0.4 is 10.6 Å². The maximum Gasteiger partial charge on any atom is 0.193 e. The zero-order chi connectivity index (χ0) is 12.3. The maximum absolute atomic E-state index is 10.1. The predicted molar refractivity (Wildman–Crippen MR) is 69.1 cm³/mol. The van der Waals surface area contributed by atoms with Crippen LogP contribution in [0.15, 0.2) is 30.3 Å². The van der Waals surface area contributed by atoms with E-state index in [1.165, 1.54) is 0 Å². The molecule has 1 aromatic carbocycles. The third kappa shape index (κ3) is 2.58. The SMILES string of the molecule is N=C(N)N(c1ccccc1)C1CCCCC1O. The number of nitrogens with two attached hydrogens (primary N) is 1. The van der Waals surface area contributed by atoms with E-state index in [1.807, 2.05) is 30.3 Å². The van der Waals surface area contributed by atoms with E-state index in [2.05, 4.69) is 0 Å². The van der Waals surface area contributed by atoms with Gasteiger partial charge in [0.25, 0.3) is 0 Å². The first-order chi connectivity index (χ1) is 8.20. The summed E-state index contributed by atoms with van der Waals surface area (Å²) >= 11 is 0. The molecule has 4 heteroatoms. The standard InChI is InChI=1S/C13H19N3O/c14-13(15)16(10-6-2-1-3-7-10)11-8-4-5-9-12(11)17/h1-3,6-7,11-12,17H,4-5,8-9H2,(H3,14,15). The van der Waals surface area contributed by atoms with Gasteiger partial charge in [0.1, 0.15) is 0 Å². The molecule has 0 aromatic heterocycles. The monoisotopic (exact) mass is 233 g/mol. The van der Waals surface area contributed by atoms with Crippen molar-refractivity contribution < 1.29 is 5.11 Å². The van der Waals surface area contributed by atoms with Crippen LogP contribution in [-0.4, -0.2) is 23.2 Å². The summed E-state index contributed by atoms with van der Waals surface area (Å²) in [6.07, 6.45) is 3.42. The van der Waals surface area contributed by atoms with Crippen LogP contribution in [-0.2, 0) is 0 Å². The Hall–Kier alpha value is -1.55. The summed E-state index contributed by atoms with van der Waals surface area (Å²) in [5.74, 6) is 0.00199. The molecule has 0 heterocycles. The van der Waals surface area contributed by atoms with Crippen LogP contribution in [0, 0.1) is 5.41 Å². The smallest absolute Gasteiger partial charge is 0.193 e. The topological polar surface area (TPSA) is 73.3 Å². The van der Waals surface area contributed by atoms with E-state index in [1.54, 1.807) is 4.90 Å². The number of hydrogen-bond donors (Lipinski definition) is 3. The lowest BCUT2D eigenvalue weighted by molar-refractivity contribution is 0.109. The number of hydrogen-bond acceptors (Lipinski definition) is 2. The third-order valence-corrected chi connectivity index (χ3v) is 3.32. The largest absolute Gasteiger partial charge is 0.391 e. The summed E-state index contributed by atoms with van der Waals surface area (Å²) < 4.78 is 0. The molecule has 0 saturated heterocycles. The molecule has 0 amide bonds. The normalized spacial score (nSPS) is 24.3. The molecular formula is C13H19N3O. The van der Waals surface area contributed by atoms with Gasteiger partial charge in [-0.2, -0.15) is 0 Å². The molecule has 17 heavy (non-hydrogen) atoms. The van der Waals surface area contributed by atoms with Crippen molar-refractivity contribution in [2.75, 3.05) is 4.90 Å². The molecule has 4 N–H and O–H groups in total. The molecule has 1 fully saturated rings. The van der Waals surface area contributed by atoms with Gasteiger partial charge in [-0.05, 0) is 25.0 Å². The zero-order valence-electron chi connectivity index (χ0n) is 9.84. The van der Waals surface area contributed by atoms with E-state index in [9.17, 15) is 5.11 Å². The van der Waals surface area contributed by atoms with E-state index in [4.69, 9.17) is 11.1 Å². The molecule has 0 spiro atoms. The van der Waals surface area contributed by atoms with Crippen LogP contribution in [0.4, 0.5) is 5.69 Å². The Morgan fingerprint density at radius 1 is 1.24 bits per heavy atom. The Balaban J connectivity index is 2.26. The maximum atomic E-state index is 10.1. The molecule has 1 aliphatic rings. The number of nitrogens with zero attached hydrogens (tertiary/aromatic N) is 1. The number of aliphatic hydroxyl groups is 1. The average Bonchev–Trinajstić information content (AvgIpc) is 2.33. The second-order valence-corrected chi connectivity index (χ2v) is 4.51. The Bertz CT molecular complexity index is 380. The highest BCUT2D eigenvalue weighted by Crippen LogP contribution is 2.27. The lowest BCUT2D eigenvalue weighted by Gasteiger charge is -2.37. The highest BCUT2D eigenvalue weighted by atomic mass is 16.3. The van der Waals surface area contributed by atoms with Crippen LogP contribution in [0.25, 0.3) is 0 Å². The summed E-state index contributed by atoms with van der Waals surface area (Å²) in [7, 11) is 0. The minimum Gasteiger partial charge on any atom is -0.391 e. The van der Waals surface area contributed by atoms with Crippen molar-refractivity contribution in [2.45, 2.75) is 37.8 Å². The van der Waals surface area contributed by atoms with Crippen molar-refractivity contribution in [2.24, 2.45) is 5.73 Å². The molecule has 4 nitrogen and oxygen atoms in total. The molecule has 92 valence electrons. The van der Waals surface area contributed by atoms with Gasteiger partial charge in [-0.3, -0.25) is 5.41 Å². The van der Waals surface area contributed by atoms with Gasteiger partial charge in [-0.25, -0.2) is 0 Å². The Morgan fingerprint density at radius 2 is 1.88 bits per heavy atom. The van der Waals surface area contributed by atoms with E-state index in [0.717, 1.165) is 31.4 Å². The first kappa shape index (κ1) is 11.9. The minimum atomic E-state index is -0.396. The van der Waals surface area contributed by atoms with E-state index >= 15 is 0 Å². The molecule has 2 rings (SSSR count). The summed E-state index contributed by atoms with van der Waals surface area (Å²) in [4.78, 5) is 1.74. The van der Waals surface area contributed by atoms with E-state index in [0.29, 0.717) is 0 Å². The van der Waals surface area contributed by atoms with Crippen molar-refractivity contribution >= 4 is 11.6 Å². The molecule has 2 unspecified atom stereocenters. The molecule has 0 aliphatic heterocycles. The Kier molecular flexibility index (Phi) is 3.64. The Morgan fingerprint density at radius 3 is 2.47 bits per heavy atom. The van der Waals surface area contributed by atoms with Crippen LogP contribution in [0.5, 0.6) is 0 Å². The van der Waals surface area contributed by atoms with Crippen molar-refractivity contribution in [3.63, 3.8) is 0 Å². The van der Waals surface area contributed by atoms with Crippen molar-refractivity contribution in [3.8, 4) is 0 Å². The second kappa shape index (κ2) is 5.19. The highest BCUT2D eigenvalue weighted by molar-refractivity contribution is 5.93. The van der Waals surface area contributed by atoms with Crippen molar-refractivity contribution in [3.05, 3.63) is 30.3 Å². The number of benzene rings is 1. The van der Waals surface area contributed by atoms with Gasteiger partial charge < -0.3 is 15.7 Å². The van der Waals surface area contributed by atoms with Gasteiger partial charge in [0.05, 0.1) is 12.1 Å². The zero-order valence-corrected chi connectivity index (χ0v) is 9.84. The summed E-state index contributed by atoms with van der Waals surface area (Å²) in [5, 5.41) is 17.8. The molecule has 1 aliphatic carbocycles. The second-order valence-electron chi connectivity index (χ2n) is 4.51. The minimum absolute atomic E-state index is 0.00199. The van der Waals surface area contributed by atoms with Gasteiger partial charge >= 0.3 is 0 Å². The molecule has 1 aromatic rings. The predicted octanol–water partition coefficient (Wildman–Crippen LogP) is 1.69. The van der Waals surface area contributed by atoms with Crippen molar-refractivity contribution in [1.29, 1.82) is 5.41 Å². The molecule has 2 atom stereocenters. The van der Waals surface area contributed by atoms with Crippen LogP contribution >= 0.6 is 0 Å². The van der Waals surface area contributed by atoms with Gasteiger partial charge in [0.15, 0.2) is 5.96 Å². The van der Waals surface area contributed by atoms with Crippen LogP contribution in [0.1, 0.15) is 25.7 Å². The fraction of sp³-hybridized carbons (Fsp3) is 0.462. The summed E-state index contributed by atoms with van der Waals surface area (Å²) in [5.41, 5.74) is 6.54. The van der Waals surface area contributed by atoms with Crippen molar-refractivity contribution in [1.82, 2.24) is 0 Å². The Labute approximate surface area is 102 Å². The number of anilines is 1. The van der Waals surface area contributed by atoms with E-state index < -0.39 is 6.10 Å². The molecule has 1 saturated carbocycles.